The molecule has 0 spiro atoms. The van der Waals surface area contributed by atoms with Crippen LogP contribution in [0.3, 0.4) is 0 Å². The van der Waals surface area contributed by atoms with Crippen molar-refractivity contribution in [3.63, 3.8) is 0 Å². The molecule has 0 aliphatic rings. The third-order valence-electron chi connectivity index (χ3n) is 13.4. The van der Waals surface area contributed by atoms with Crippen molar-refractivity contribution in [1.29, 1.82) is 0 Å². The Balaban J connectivity index is 4.19. The molecule has 6 nitrogen and oxygen atoms in total. The number of hydrogen-bond acceptors (Lipinski definition) is 6. The highest BCUT2D eigenvalue weighted by molar-refractivity contribution is 5.71. The summed E-state index contributed by atoms with van der Waals surface area (Å²) in [6.45, 7) is 6.49. The summed E-state index contributed by atoms with van der Waals surface area (Å²) in [5.74, 6) is -0.909. The van der Waals surface area contributed by atoms with Crippen LogP contribution < -0.4 is 0 Å². The second-order valence-corrected chi connectivity index (χ2v) is 20.6. The Morgan fingerprint density at radius 1 is 0.288 bits per heavy atom. The van der Waals surface area contributed by atoms with Gasteiger partial charge in [-0.05, 0) is 96.3 Å². The van der Waals surface area contributed by atoms with Gasteiger partial charge in [0, 0.05) is 19.3 Å². The van der Waals surface area contributed by atoms with Gasteiger partial charge in [-0.3, -0.25) is 14.4 Å². The molecule has 0 N–H and O–H groups in total. The first-order valence-corrected chi connectivity index (χ1v) is 31.1. The lowest BCUT2D eigenvalue weighted by Gasteiger charge is -2.18. The molecule has 0 aliphatic heterocycles. The summed E-state index contributed by atoms with van der Waals surface area (Å²) in [7, 11) is 0. The standard InChI is InChI=1S/C67H116O6/c1-4-7-10-13-16-18-20-22-24-26-28-30-32-33-35-36-38-40-42-44-46-48-51-54-57-60-66(69)72-63-64(62-71-65(68)59-56-53-50-15-12-9-6-3)73-67(70)61-58-55-52-49-47-45-43-41-39-37-34-31-29-27-25-23-21-19-17-14-11-8-5-2/h8,11,17,19,23,25-26,28-29,31,37,39,43,45,64H,4-7,9-10,12-16,18,20-22,24,27,30,32-36,38,40-42,44,46-63H2,1-3H3/b11-8-,19-17-,25-23-,28-26-,31-29-,39-37-,45-43-. The van der Waals surface area contributed by atoms with Crippen molar-refractivity contribution >= 4 is 17.9 Å². The number of rotatable bonds is 56. The molecule has 0 heterocycles. The van der Waals surface area contributed by atoms with Gasteiger partial charge in [-0.15, -0.1) is 0 Å². The molecule has 0 saturated heterocycles. The van der Waals surface area contributed by atoms with Crippen LogP contribution in [0.25, 0.3) is 0 Å². The fourth-order valence-electron chi connectivity index (χ4n) is 8.74. The number of esters is 3. The summed E-state index contributed by atoms with van der Waals surface area (Å²) < 4.78 is 16.8. The molecule has 0 saturated carbocycles. The monoisotopic (exact) mass is 1020 g/mol. The zero-order valence-corrected chi connectivity index (χ0v) is 48.1. The van der Waals surface area contributed by atoms with E-state index in [1.54, 1.807) is 0 Å². The van der Waals surface area contributed by atoms with Crippen molar-refractivity contribution in [2.24, 2.45) is 0 Å². The first-order valence-electron chi connectivity index (χ1n) is 31.1. The molecule has 0 aromatic rings. The van der Waals surface area contributed by atoms with Gasteiger partial charge in [-0.2, -0.15) is 0 Å². The van der Waals surface area contributed by atoms with Crippen molar-refractivity contribution < 1.29 is 28.6 Å². The van der Waals surface area contributed by atoms with Crippen LogP contribution in [0.1, 0.15) is 303 Å². The molecule has 0 fully saturated rings. The quantitative estimate of drug-likeness (QED) is 0.0261. The maximum absolute atomic E-state index is 12.8. The highest BCUT2D eigenvalue weighted by Gasteiger charge is 2.19. The van der Waals surface area contributed by atoms with Crippen LogP contribution in [0.5, 0.6) is 0 Å². The van der Waals surface area contributed by atoms with Gasteiger partial charge >= 0.3 is 17.9 Å². The Kier molecular flexibility index (Phi) is 58.3. The maximum Gasteiger partial charge on any atom is 0.306 e. The minimum atomic E-state index is -0.788. The van der Waals surface area contributed by atoms with Crippen molar-refractivity contribution in [1.82, 2.24) is 0 Å². The predicted molar refractivity (Wildman–Crippen MR) is 316 cm³/mol. The molecule has 1 unspecified atom stereocenters. The number of carbonyl (C=O) groups is 3. The van der Waals surface area contributed by atoms with Crippen LogP contribution in [-0.4, -0.2) is 37.2 Å². The summed E-state index contributed by atoms with van der Waals surface area (Å²) in [6, 6.07) is 0. The van der Waals surface area contributed by atoms with Crippen LogP contribution in [0.2, 0.25) is 0 Å². The van der Waals surface area contributed by atoms with Gasteiger partial charge in [0.15, 0.2) is 6.10 Å². The van der Waals surface area contributed by atoms with Crippen molar-refractivity contribution in [2.75, 3.05) is 13.2 Å². The Labute approximate surface area is 452 Å². The zero-order valence-electron chi connectivity index (χ0n) is 48.1. The topological polar surface area (TPSA) is 78.9 Å². The lowest BCUT2D eigenvalue weighted by Crippen LogP contribution is -2.30. The van der Waals surface area contributed by atoms with E-state index in [1.165, 1.54) is 154 Å². The van der Waals surface area contributed by atoms with E-state index in [0.717, 1.165) is 109 Å². The first kappa shape index (κ1) is 69.6. The predicted octanol–water partition coefficient (Wildman–Crippen LogP) is 21.1. The highest BCUT2D eigenvalue weighted by Crippen LogP contribution is 2.16. The summed E-state index contributed by atoms with van der Waals surface area (Å²) in [5.41, 5.74) is 0. The summed E-state index contributed by atoms with van der Waals surface area (Å²) in [5, 5.41) is 0. The lowest BCUT2D eigenvalue weighted by atomic mass is 10.0. The van der Waals surface area contributed by atoms with E-state index < -0.39 is 6.10 Å². The summed E-state index contributed by atoms with van der Waals surface area (Å²) in [6.07, 6.45) is 80.4. The zero-order chi connectivity index (χ0) is 52.9. The van der Waals surface area contributed by atoms with Gasteiger partial charge in [0.25, 0.3) is 0 Å². The fraction of sp³-hybridized carbons (Fsp3) is 0.746. The van der Waals surface area contributed by atoms with Gasteiger partial charge in [-0.1, -0.05) is 273 Å². The van der Waals surface area contributed by atoms with E-state index in [0.29, 0.717) is 19.3 Å². The minimum Gasteiger partial charge on any atom is -0.462 e. The van der Waals surface area contributed by atoms with E-state index in [4.69, 9.17) is 14.2 Å². The Morgan fingerprint density at radius 3 is 0.849 bits per heavy atom. The number of ether oxygens (including phenoxy) is 3. The Bertz CT molecular complexity index is 1400. The molecule has 0 rings (SSSR count). The van der Waals surface area contributed by atoms with Gasteiger partial charge in [0.2, 0.25) is 0 Å². The van der Waals surface area contributed by atoms with Crippen LogP contribution in [-0.2, 0) is 28.6 Å². The molecule has 0 bridgehead atoms. The molecule has 6 heteroatoms. The van der Waals surface area contributed by atoms with E-state index in [1.807, 2.05) is 0 Å². The molecule has 0 aromatic carbocycles. The van der Waals surface area contributed by atoms with E-state index in [-0.39, 0.29) is 31.1 Å². The minimum absolute atomic E-state index is 0.0853. The normalized spacial score (nSPS) is 12.6. The molecule has 0 radical (unpaired) electrons. The molecule has 1 atom stereocenters. The van der Waals surface area contributed by atoms with Crippen molar-refractivity contribution in [3.05, 3.63) is 85.1 Å². The summed E-state index contributed by atoms with van der Waals surface area (Å²) in [4.78, 5) is 38.0. The second kappa shape index (κ2) is 61.1. The number of hydrogen-bond donors (Lipinski definition) is 0. The van der Waals surface area contributed by atoms with Gasteiger partial charge in [0.1, 0.15) is 13.2 Å². The number of carbonyl (C=O) groups excluding carboxylic acids is 3. The highest BCUT2D eigenvalue weighted by atomic mass is 16.6. The molecular formula is C67H116O6. The second-order valence-electron chi connectivity index (χ2n) is 20.6. The van der Waals surface area contributed by atoms with Crippen LogP contribution in [0.15, 0.2) is 85.1 Å². The Hall–Kier alpha value is -3.41. The van der Waals surface area contributed by atoms with E-state index in [9.17, 15) is 14.4 Å². The molecule has 0 aromatic heterocycles. The molecule has 0 amide bonds. The van der Waals surface area contributed by atoms with E-state index in [2.05, 4.69) is 106 Å². The first-order chi connectivity index (χ1) is 36.0. The smallest absolute Gasteiger partial charge is 0.306 e. The molecule has 73 heavy (non-hydrogen) atoms. The SMILES string of the molecule is CC/C=C\C/C=C\C/C=C\C/C=C\C/C=C\C/C=C\CCCCCCC(=O)OC(COC(=O)CCCCCCCCC)COC(=O)CCCCCCCCCCCCCCC/C=C\CCCCCCCCCC. The van der Waals surface area contributed by atoms with Gasteiger partial charge in [0.05, 0.1) is 0 Å². The third kappa shape index (κ3) is 59.3. The molecule has 420 valence electrons. The average Bonchev–Trinajstić information content (AvgIpc) is 3.39. The average molecular weight is 1020 g/mol. The maximum atomic E-state index is 12.8. The Morgan fingerprint density at radius 2 is 0.534 bits per heavy atom. The number of allylic oxidation sites excluding steroid dienone is 14. The van der Waals surface area contributed by atoms with Gasteiger partial charge < -0.3 is 14.2 Å². The van der Waals surface area contributed by atoms with Crippen LogP contribution in [0, 0.1) is 0 Å². The third-order valence-corrected chi connectivity index (χ3v) is 13.4. The van der Waals surface area contributed by atoms with Gasteiger partial charge in [-0.25, -0.2) is 0 Å². The van der Waals surface area contributed by atoms with Crippen LogP contribution >= 0.6 is 0 Å². The van der Waals surface area contributed by atoms with Crippen LogP contribution in [0.4, 0.5) is 0 Å². The fourth-order valence-corrected chi connectivity index (χ4v) is 8.74. The largest absolute Gasteiger partial charge is 0.462 e. The molecular weight excluding hydrogens is 901 g/mol. The summed E-state index contributed by atoms with van der Waals surface area (Å²) >= 11 is 0. The van der Waals surface area contributed by atoms with Crippen molar-refractivity contribution in [2.45, 2.75) is 309 Å². The number of unbranched alkanes of at least 4 members (excludes halogenated alkanes) is 31. The van der Waals surface area contributed by atoms with E-state index >= 15 is 0 Å². The van der Waals surface area contributed by atoms with Crippen molar-refractivity contribution in [3.8, 4) is 0 Å². The molecule has 0 aliphatic carbocycles. The lowest BCUT2D eigenvalue weighted by molar-refractivity contribution is -0.167.